The maximum atomic E-state index is 12.0. The topological polar surface area (TPSA) is 85.8 Å². The number of esters is 1. The molecule has 0 aliphatic rings. The molecule has 122 valence electrons. The summed E-state index contributed by atoms with van der Waals surface area (Å²) in [6.07, 6.45) is 1.29. The Kier molecular flexibility index (Phi) is 5.74. The Morgan fingerprint density at radius 3 is 2.61 bits per heavy atom. The molecule has 7 heteroatoms. The van der Waals surface area contributed by atoms with Crippen LogP contribution in [0, 0.1) is 0 Å². The first-order chi connectivity index (χ1) is 11.2. The molecular formula is C16H19N3O4. The Morgan fingerprint density at radius 1 is 1.26 bits per heavy atom. The number of hydrogen-bond donors (Lipinski definition) is 1. The van der Waals surface area contributed by atoms with Crippen LogP contribution in [0.15, 0.2) is 29.3 Å². The average Bonchev–Trinajstić information content (AvgIpc) is 2.99. The van der Waals surface area contributed by atoms with E-state index in [9.17, 15) is 4.79 Å². The average molecular weight is 317 g/mol. The van der Waals surface area contributed by atoms with Gasteiger partial charge in [-0.05, 0) is 38.1 Å². The fourth-order valence-electron chi connectivity index (χ4n) is 1.92. The van der Waals surface area contributed by atoms with Crippen molar-refractivity contribution in [1.82, 2.24) is 10.2 Å². The standard InChI is InChI=1S/C16H19N3O4/c1-4-22-10-17-14-13(11-6-8-12(21-3)9-7-11)18-19-15(14)16(20)23-5-2/h6-10H,4-5H2,1-3H3,(H,18,19). The Bertz CT molecular complexity index is 677. The Labute approximate surface area is 134 Å². The molecule has 0 saturated heterocycles. The maximum Gasteiger partial charge on any atom is 0.358 e. The van der Waals surface area contributed by atoms with Crippen LogP contribution >= 0.6 is 0 Å². The highest BCUT2D eigenvalue weighted by atomic mass is 16.5. The lowest BCUT2D eigenvalue weighted by Crippen LogP contribution is -2.05. The molecule has 0 atom stereocenters. The molecule has 0 aliphatic carbocycles. The van der Waals surface area contributed by atoms with Gasteiger partial charge in [0.25, 0.3) is 0 Å². The molecule has 1 N–H and O–H groups in total. The van der Waals surface area contributed by atoms with Crippen LogP contribution < -0.4 is 4.74 Å². The minimum Gasteiger partial charge on any atom is -0.497 e. The number of carbonyl (C=O) groups excluding carboxylic acids is 1. The van der Waals surface area contributed by atoms with Gasteiger partial charge < -0.3 is 14.2 Å². The molecule has 7 nitrogen and oxygen atoms in total. The first kappa shape index (κ1) is 16.5. The van der Waals surface area contributed by atoms with Crippen LogP contribution in [0.2, 0.25) is 0 Å². The van der Waals surface area contributed by atoms with Gasteiger partial charge in [-0.15, -0.1) is 0 Å². The number of benzene rings is 1. The van der Waals surface area contributed by atoms with E-state index >= 15 is 0 Å². The third-order valence-corrected chi connectivity index (χ3v) is 3.01. The number of nitrogens with zero attached hydrogens (tertiary/aromatic N) is 2. The normalized spacial score (nSPS) is 10.7. The van der Waals surface area contributed by atoms with Crippen molar-refractivity contribution in [2.45, 2.75) is 13.8 Å². The van der Waals surface area contributed by atoms with Crippen molar-refractivity contribution in [2.24, 2.45) is 4.99 Å². The van der Waals surface area contributed by atoms with E-state index in [2.05, 4.69) is 15.2 Å². The van der Waals surface area contributed by atoms with Gasteiger partial charge in [0.05, 0.1) is 20.3 Å². The van der Waals surface area contributed by atoms with E-state index in [0.29, 0.717) is 18.0 Å². The molecule has 0 aliphatic heterocycles. The Morgan fingerprint density at radius 2 is 2.00 bits per heavy atom. The molecule has 0 amide bonds. The second-order valence-electron chi connectivity index (χ2n) is 4.43. The highest BCUT2D eigenvalue weighted by Gasteiger charge is 2.21. The zero-order valence-electron chi connectivity index (χ0n) is 13.3. The lowest BCUT2D eigenvalue weighted by molar-refractivity contribution is 0.0520. The van der Waals surface area contributed by atoms with Crippen LogP contribution in [0.1, 0.15) is 24.3 Å². The van der Waals surface area contributed by atoms with Gasteiger partial charge in [0.2, 0.25) is 0 Å². The number of aromatic nitrogens is 2. The molecule has 0 bridgehead atoms. The molecule has 2 aromatic rings. The van der Waals surface area contributed by atoms with Crippen LogP contribution in [-0.4, -0.2) is 42.9 Å². The van der Waals surface area contributed by atoms with Crippen LogP contribution in [0.25, 0.3) is 11.3 Å². The molecular weight excluding hydrogens is 298 g/mol. The third kappa shape index (κ3) is 3.88. The van der Waals surface area contributed by atoms with E-state index in [0.717, 1.165) is 11.3 Å². The number of aromatic amines is 1. The predicted octanol–water partition coefficient (Wildman–Crippen LogP) is 2.96. The summed E-state index contributed by atoms with van der Waals surface area (Å²) in [7, 11) is 1.60. The summed E-state index contributed by atoms with van der Waals surface area (Å²) in [6.45, 7) is 4.33. The largest absolute Gasteiger partial charge is 0.497 e. The summed E-state index contributed by atoms with van der Waals surface area (Å²) in [5, 5.41) is 6.88. The second kappa shape index (κ2) is 7.98. The van der Waals surface area contributed by atoms with Crippen LogP contribution in [-0.2, 0) is 9.47 Å². The van der Waals surface area contributed by atoms with Gasteiger partial charge in [0.1, 0.15) is 17.1 Å². The van der Waals surface area contributed by atoms with E-state index in [1.807, 2.05) is 31.2 Å². The lowest BCUT2D eigenvalue weighted by Gasteiger charge is -2.03. The quantitative estimate of drug-likeness (QED) is 0.482. The number of hydrogen-bond acceptors (Lipinski definition) is 6. The van der Waals surface area contributed by atoms with Gasteiger partial charge in [-0.2, -0.15) is 5.10 Å². The van der Waals surface area contributed by atoms with Crippen LogP contribution in [0.3, 0.4) is 0 Å². The highest BCUT2D eigenvalue weighted by Crippen LogP contribution is 2.32. The molecule has 2 rings (SSSR count). The minimum atomic E-state index is -0.511. The molecule has 0 saturated carbocycles. The fraction of sp³-hybridized carbons (Fsp3) is 0.312. The van der Waals surface area contributed by atoms with Gasteiger partial charge in [-0.25, -0.2) is 9.79 Å². The number of aliphatic imine (C=N–C) groups is 1. The zero-order valence-corrected chi connectivity index (χ0v) is 13.3. The molecule has 1 aromatic heterocycles. The molecule has 0 unspecified atom stereocenters. The van der Waals surface area contributed by atoms with Crippen LogP contribution in [0.5, 0.6) is 5.75 Å². The van der Waals surface area contributed by atoms with Crippen molar-refractivity contribution in [2.75, 3.05) is 20.3 Å². The molecule has 1 heterocycles. The maximum absolute atomic E-state index is 12.0. The van der Waals surface area contributed by atoms with E-state index in [-0.39, 0.29) is 12.3 Å². The Balaban J connectivity index is 2.42. The van der Waals surface area contributed by atoms with Gasteiger partial charge in [0.15, 0.2) is 12.1 Å². The lowest BCUT2D eigenvalue weighted by atomic mass is 10.1. The van der Waals surface area contributed by atoms with Crippen molar-refractivity contribution in [3.63, 3.8) is 0 Å². The highest BCUT2D eigenvalue weighted by molar-refractivity contribution is 5.97. The smallest absolute Gasteiger partial charge is 0.358 e. The Hall–Kier alpha value is -2.83. The number of rotatable bonds is 7. The fourth-order valence-corrected chi connectivity index (χ4v) is 1.92. The monoisotopic (exact) mass is 317 g/mol. The minimum absolute atomic E-state index is 0.189. The van der Waals surface area contributed by atoms with E-state index in [1.54, 1.807) is 14.0 Å². The summed E-state index contributed by atoms with van der Waals surface area (Å²) < 4.78 is 15.3. The SMILES string of the molecule is CCOC=Nc1c(-c2ccc(OC)cc2)n[nH]c1C(=O)OCC. The number of carbonyl (C=O) groups is 1. The molecule has 23 heavy (non-hydrogen) atoms. The predicted molar refractivity (Wildman–Crippen MR) is 86.3 cm³/mol. The van der Waals surface area contributed by atoms with E-state index in [4.69, 9.17) is 14.2 Å². The molecule has 0 spiro atoms. The molecule has 1 aromatic carbocycles. The van der Waals surface area contributed by atoms with Crippen LogP contribution in [0.4, 0.5) is 5.69 Å². The van der Waals surface area contributed by atoms with Gasteiger partial charge >= 0.3 is 5.97 Å². The summed E-state index contributed by atoms with van der Waals surface area (Å²) in [5.41, 5.74) is 1.89. The van der Waals surface area contributed by atoms with E-state index in [1.165, 1.54) is 6.40 Å². The first-order valence-corrected chi connectivity index (χ1v) is 7.25. The van der Waals surface area contributed by atoms with E-state index < -0.39 is 5.97 Å². The summed E-state index contributed by atoms with van der Waals surface area (Å²) in [6, 6.07) is 7.29. The van der Waals surface area contributed by atoms with Crippen molar-refractivity contribution >= 4 is 18.1 Å². The number of ether oxygens (including phenoxy) is 3. The number of methoxy groups -OCH3 is 1. The third-order valence-electron chi connectivity index (χ3n) is 3.01. The number of H-pyrrole nitrogens is 1. The first-order valence-electron chi connectivity index (χ1n) is 7.25. The van der Waals surface area contributed by atoms with Crippen molar-refractivity contribution in [1.29, 1.82) is 0 Å². The summed E-state index contributed by atoms with van der Waals surface area (Å²) in [4.78, 5) is 16.2. The molecule has 0 fully saturated rings. The zero-order chi connectivity index (χ0) is 16.7. The summed E-state index contributed by atoms with van der Waals surface area (Å²) >= 11 is 0. The number of nitrogens with one attached hydrogen (secondary N) is 1. The van der Waals surface area contributed by atoms with Crippen molar-refractivity contribution in [3.8, 4) is 17.0 Å². The van der Waals surface area contributed by atoms with Gasteiger partial charge in [0, 0.05) is 5.56 Å². The van der Waals surface area contributed by atoms with Crippen molar-refractivity contribution < 1.29 is 19.0 Å². The van der Waals surface area contributed by atoms with Gasteiger partial charge in [-0.1, -0.05) is 0 Å². The molecule has 0 radical (unpaired) electrons. The second-order valence-corrected chi connectivity index (χ2v) is 4.43. The van der Waals surface area contributed by atoms with Crippen molar-refractivity contribution in [3.05, 3.63) is 30.0 Å². The summed E-state index contributed by atoms with van der Waals surface area (Å²) in [5.74, 6) is 0.220. The van der Waals surface area contributed by atoms with Gasteiger partial charge in [-0.3, -0.25) is 5.10 Å².